The Morgan fingerprint density at radius 3 is 1.89 bits per heavy atom. The predicted molar refractivity (Wildman–Crippen MR) is 146 cm³/mol. The number of amides is 3. The zero-order valence-electron chi connectivity index (χ0n) is 23.1. The lowest BCUT2D eigenvalue weighted by molar-refractivity contribution is -0.144. The van der Waals surface area contributed by atoms with E-state index in [0.29, 0.717) is 49.6 Å². The molecule has 1 aromatic rings. The van der Waals surface area contributed by atoms with E-state index in [-0.39, 0.29) is 17.7 Å². The maximum atomic E-state index is 14.1. The highest BCUT2D eigenvalue weighted by molar-refractivity contribution is 6.37. The molecule has 3 rings (SSSR count). The molecule has 1 heterocycles. The number of hydrogen-bond donors (Lipinski definition) is 2. The van der Waals surface area contributed by atoms with E-state index in [4.69, 9.17) is 5.73 Å². The monoisotopic (exact) mass is 512 g/mol. The Hall–Kier alpha value is -2.74. The van der Waals surface area contributed by atoms with Crippen LogP contribution in [-0.2, 0) is 19.2 Å². The van der Waals surface area contributed by atoms with Crippen LogP contribution in [0, 0.1) is 17.8 Å². The highest BCUT2D eigenvalue weighted by atomic mass is 16.2. The van der Waals surface area contributed by atoms with Crippen LogP contribution in [0.2, 0.25) is 0 Å². The molecule has 1 aliphatic carbocycles. The van der Waals surface area contributed by atoms with Gasteiger partial charge < -0.3 is 20.9 Å². The first kappa shape index (κ1) is 28.8. The van der Waals surface area contributed by atoms with Crippen LogP contribution >= 0.6 is 0 Å². The van der Waals surface area contributed by atoms with Gasteiger partial charge in [0.15, 0.2) is 5.78 Å². The van der Waals surface area contributed by atoms with Crippen molar-refractivity contribution in [1.82, 2.24) is 5.32 Å². The Kier molecular flexibility index (Phi) is 9.51. The van der Waals surface area contributed by atoms with Gasteiger partial charge >= 0.3 is 0 Å². The minimum Gasteiger partial charge on any atom is -0.346 e. The number of nitrogens with one attached hydrogen (secondary N) is 1. The number of para-hydroxylation sites is 2. The van der Waals surface area contributed by atoms with E-state index in [1.807, 2.05) is 46.8 Å². The number of nitrogens with two attached hydrogens (primary N) is 1. The molecular weight excluding hydrogens is 468 g/mol. The topological polar surface area (TPSA) is 113 Å². The average molecular weight is 513 g/mol. The molecule has 0 aromatic heterocycles. The lowest BCUT2D eigenvalue weighted by Gasteiger charge is -2.34. The van der Waals surface area contributed by atoms with E-state index in [1.54, 1.807) is 12.1 Å². The van der Waals surface area contributed by atoms with Gasteiger partial charge in [0.2, 0.25) is 11.4 Å². The first-order chi connectivity index (χ1) is 17.5. The summed E-state index contributed by atoms with van der Waals surface area (Å²) in [7, 11) is 0. The predicted octanol–water partition coefficient (Wildman–Crippen LogP) is 3.81. The molecule has 3 N–H and O–H groups in total. The number of carbonyl (C=O) groups excluding carboxylic acids is 4. The van der Waals surface area contributed by atoms with Crippen molar-refractivity contribution in [1.29, 1.82) is 0 Å². The molecule has 3 amide bonds. The Morgan fingerprint density at radius 2 is 1.46 bits per heavy atom. The zero-order chi connectivity index (χ0) is 27.3. The maximum absolute atomic E-state index is 14.1. The first-order valence-electron chi connectivity index (χ1n) is 13.9. The minimum absolute atomic E-state index is 0.0701. The summed E-state index contributed by atoms with van der Waals surface area (Å²) in [6.07, 6.45) is 5.47. The molecule has 0 spiro atoms. The second kappa shape index (κ2) is 12.2. The van der Waals surface area contributed by atoms with Crippen molar-refractivity contribution in [3.05, 3.63) is 24.3 Å². The third-order valence-electron chi connectivity index (χ3n) is 7.29. The fraction of sp³-hybridized carbons (Fsp3) is 0.655. The Morgan fingerprint density at radius 1 is 0.973 bits per heavy atom. The smallest absolute Gasteiger partial charge is 0.264 e. The summed E-state index contributed by atoms with van der Waals surface area (Å²) in [5, 5.41) is 2.85. The van der Waals surface area contributed by atoms with Gasteiger partial charge in [0.25, 0.3) is 11.8 Å². The van der Waals surface area contributed by atoms with E-state index in [9.17, 15) is 19.2 Å². The van der Waals surface area contributed by atoms with Gasteiger partial charge in [-0.2, -0.15) is 0 Å². The van der Waals surface area contributed by atoms with Gasteiger partial charge in [-0.1, -0.05) is 66.0 Å². The SMILES string of the molecule is CCC[C@H](NC(=O)CC1CCCC1)C(=O)C1(N)C(=O)N(CC(C)C)c2ccccc2N(CC(C)C)C1=O. The summed E-state index contributed by atoms with van der Waals surface area (Å²) in [6, 6.07) is 6.19. The normalized spacial score (nSPS) is 18.8. The van der Waals surface area contributed by atoms with E-state index in [0.717, 1.165) is 25.7 Å². The second-order valence-electron chi connectivity index (χ2n) is 11.5. The molecule has 1 saturated carbocycles. The van der Waals surface area contributed by atoms with E-state index < -0.39 is 29.2 Å². The van der Waals surface area contributed by atoms with Gasteiger partial charge in [-0.05, 0) is 49.1 Å². The minimum atomic E-state index is -2.44. The standard InChI is InChI=1S/C29H44N4O4/c1-6-11-22(31-25(34)16-21-12-7-8-13-21)26(35)29(30)27(36)32(17-19(2)3)23-14-9-10-15-24(23)33(28(29)37)18-20(4)5/h9-10,14-15,19-22H,6-8,11-13,16-18,30H2,1-5H3,(H,31,34)/t22-/m0/s1. The second-order valence-corrected chi connectivity index (χ2v) is 11.5. The number of nitrogens with zero attached hydrogens (tertiary/aromatic N) is 2. The molecule has 1 aliphatic heterocycles. The third kappa shape index (κ3) is 6.22. The van der Waals surface area contributed by atoms with E-state index in [1.165, 1.54) is 9.80 Å². The van der Waals surface area contributed by atoms with Crippen molar-refractivity contribution in [3.63, 3.8) is 0 Å². The number of Topliss-reactive ketones (excluding diaryl/α,β-unsaturated/α-hetero) is 1. The molecule has 37 heavy (non-hydrogen) atoms. The fourth-order valence-electron chi connectivity index (χ4n) is 5.52. The Balaban J connectivity index is 2.04. The number of rotatable bonds is 11. The molecule has 204 valence electrons. The number of anilines is 2. The zero-order valence-corrected chi connectivity index (χ0v) is 23.1. The third-order valence-corrected chi connectivity index (χ3v) is 7.29. The molecule has 0 radical (unpaired) electrons. The van der Waals surface area contributed by atoms with Crippen LogP contribution in [0.3, 0.4) is 0 Å². The van der Waals surface area contributed by atoms with Gasteiger partial charge in [0, 0.05) is 19.5 Å². The van der Waals surface area contributed by atoms with Gasteiger partial charge in [-0.25, -0.2) is 0 Å². The van der Waals surface area contributed by atoms with Crippen molar-refractivity contribution in [2.45, 2.75) is 91.1 Å². The quantitative estimate of drug-likeness (QED) is 0.438. The van der Waals surface area contributed by atoms with Crippen molar-refractivity contribution in [3.8, 4) is 0 Å². The molecule has 8 nitrogen and oxygen atoms in total. The average Bonchev–Trinajstić information content (AvgIpc) is 3.34. The van der Waals surface area contributed by atoms with Crippen LogP contribution in [-0.4, -0.2) is 48.2 Å². The number of carbonyl (C=O) groups is 4. The Labute approximate surface area is 221 Å². The maximum Gasteiger partial charge on any atom is 0.264 e. The summed E-state index contributed by atoms with van der Waals surface area (Å²) in [6.45, 7) is 10.4. The molecule has 2 aliphatic rings. The summed E-state index contributed by atoms with van der Waals surface area (Å²) < 4.78 is 0. The lowest BCUT2D eigenvalue weighted by Crippen LogP contribution is -2.71. The summed E-state index contributed by atoms with van der Waals surface area (Å²) in [4.78, 5) is 58.3. The van der Waals surface area contributed by atoms with Gasteiger partial charge in [-0.15, -0.1) is 0 Å². The van der Waals surface area contributed by atoms with Gasteiger partial charge in [-0.3, -0.25) is 19.2 Å². The van der Waals surface area contributed by atoms with Crippen LogP contribution < -0.4 is 20.9 Å². The molecule has 0 unspecified atom stereocenters. The number of hydrogen-bond acceptors (Lipinski definition) is 5. The van der Waals surface area contributed by atoms with Crippen molar-refractivity contribution in [2.24, 2.45) is 23.5 Å². The molecule has 1 aromatic carbocycles. The fourth-order valence-corrected chi connectivity index (χ4v) is 5.52. The van der Waals surface area contributed by atoms with Crippen LogP contribution in [0.25, 0.3) is 0 Å². The van der Waals surface area contributed by atoms with Crippen LogP contribution in [0.15, 0.2) is 24.3 Å². The lowest BCUT2D eigenvalue weighted by atomic mass is 9.85. The molecule has 8 heteroatoms. The van der Waals surface area contributed by atoms with Gasteiger partial charge in [0.05, 0.1) is 17.4 Å². The van der Waals surface area contributed by atoms with Crippen LogP contribution in [0.5, 0.6) is 0 Å². The van der Waals surface area contributed by atoms with Gasteiger partial charge in [0.1, 0.15) is 0 Å². The van der Waals surface area contributed by atoms with E-state index >= 15 is 0 Å². The number of benzene rings is 1. The number of ketones is 1. The van der Waals surface area contributed by atoms with Crippen molar-refractivity contribution < 1.29 is 19.2 Å². The van der Waals surface area contributed by atoms with Crippen molar-refractivity contribution >= 4 is 34.9 Å². The van der Waals surface area contributed by atoms with E-state index in [2.05, 4.69) is 5.32 Å². The highest BCUT2D eigenvalue weighted by Gasteiger charge is 2.57. The summed E-state index contributed by atoms with van der Waals surface area (Å²) >= 11 is 0. The molecule has 1 fully saturated rings. The van der Waals surface area contributed by atoms with Crippen LogP contribution in [0.1, 0.15) is 79.6 Å². The molecule has 1 atom stereocenters. The molecule has 0 saturated heterocycles. The van der Waals surface area contributed by atoms with Crippen LogP contribution in [0.4, 0.5) is 11.4 Å². The van der Waals surface area contributed by atoms with Crippen molar-refractivity contribution in [2.75, 3.05) is 22.9 Å². The number of fused-ring (bicyclic) bond motifs is 1. The largest absolute Gasteiger partial charge is 0.346 e. The molecule has 0 bridgehead atoms. The molecular formula is C29H44N4O4. The summed E-state index contributed by atoms with van der Waals surface area (Å²) in [5.41, 5.74) is 5.37. The summed E-state index contributed by atoms with van der Waals surface area (Å²) in [5.74, 6) is -1.98. The highest BCUT2D eigenvalue weighted by Crippen LogP contribution is 2.37. The Bertz CT molecular complexity index is 950. The first-order valence-corrected chi connectivity index (χ1v) is 13.9.